The van der Waals surface area contributed by atoms with Crippen LogP contribution in [0.4, 0.5) is 11.4 Å². The van der Waals surface area contributed by atoms with E-state index < -0.39 is 0 Å². The summed E-state index contributed by atoms with van der Waals surface area (Å²) < 4.78 is 0. The van der Waals surface area contributed by atoms with E-state index in [0.717, 1.165) is 35.2 Å². The van der Waals surface area contributed by atoms with E-state index >= 15 is 0 Å². The Bertz CT molecular complexity index is 524. The number of aliphatic hydroxyl groups is 1. The van der Waals surface area contributed by atoms with Crippen LogP contribution >= 0.6 is 11.3 Å². The number of hydrogen-bond acceptors (Lipinski definition) is 5. The molecule has 0 aliphatic carbocycles. The van der Waals surface area contributed by atoms with Crippen LogP contribution in [0.25, 0.3) is 0 Å². The normalized spacial score (nSPS) is 10.6. The lowest BCUT2D eigenvalue weighted by Crippen LogP contribution is -2.25. The summed E-state index contributed by atoms with van der Waals surface area (Å²) in [5, 5.41) is 15.6. The number of aryl methyl sites for hydroxylation is 1. The second-order valence-corrected chi connectivity index (χ2v) is 5.62. The lowest BCUT2D eigenvalue weighted by atomic mass is 10.2. The molecule has 1 heterocycles. The maximum atomic E-state index is 9.04. The molecule has 0 spiro atoms. The lowest BCUT2D eigenvalue weighted by Gasteiger charge is -2.22. The Balaban J connectivity index is 1.94. The molecule has 2 rings (SSSR count). The van der Waals surface area contributed by atoms with Gasteiger partial charge in [-0.05, 0) is 38.1 Å². The van der Waals surface area contributed by atoms with Gasteiger partial charge in [0.2, 0.25) is 0 Å². The Morgan fingerprint density at radius 1 is 1.30 bits per heavy atom. The SMILES string of the molecule is CCN(CCO)c1ccc(NCc2csc(C)n2)cc1. The van der Waals surface area contributed by atoms with Gasteiger partial charge in [-0.25, -0.2) is 4.98 Å². The van der Waals surface area contributed by atoms with Gasteiger partial charge in [0.15, 0.2) is 0 Å². The Labute approximate surface area is 124 Å². The van der Waals surface area contributed by atoms with Crippen LogP contribution in [-0.2, 0) is 6.54 Å². The number of thiazole rings is 1. The second kappa shape index (κ2) is 7.26. The molecule has 0 bridgehead atoms. The van der Waals surface area contributed by atoms with Crippen molar-refractivity contribution in [2.24, 2.45) is 0 Å². The van der Waals surface area contributed by atoms with E-state index in [1.54, 1.807) is 11.3 Å². The zero-order chi connectivity index (χ0) is 14.4. The monoisotopic (exact) mass is 291 g/mol. The summed E-state index contributed by atoms with van der Waals surface area (Å²) in [6.07, 6.45) is 0. The van der Waals surface area contributed by atoms with E-state index in [9.17, 15) is 0 Å². The summed E-state index contributed by atoms with van der Waals surface area (Å²) in [5.41, 5.74) is 3.29. The van der Waals surface area contributed by atoms with Crippen LogP contribution in [0.2, 0.25) is 0 Å². The van der Waals surface area contributed by atoms with Crippen molar-refractivity contribution in [2.45, 2.75) is 20.4 Å². The third kappa shape index (κ3) is 3.95. The van der Waals surface area contributed by atoms with Gasteiger partial charge >= 0.3 is 0 Å². The van der Waals surface area contributed by atoms with Gasteiger partial charge in [-0.15, -0.1) is 11.3 Å². The maximum Gasteiger partial charge on any atom is 0.0898 e. The zero-order valence-corrected chi connectivity index (χ0v) is 12.8. The van der Waals surface area contributed by atoms with Crippen molar-refractivity contribution in [3.8, 4) is 0 Å². The Morgan fingerprint density at radius 2 is 2.05 bits per heavy atom. The van der Waals surface area contributed by atoms with E-state index in [1.165, 1.54) is 0 Å². The van der Waals surface area contributed by atoms with Gasteiger partial charge in [0.1, 0.15) is 0 Å². The first kappa shape index (κ1) is 14.8. The number of nitrogens with one attached hydrogen (secondary N) is 1. The van der Waals surface area contributed by atoms with Gasteiger partial charge in [0.25, 0.3) is 0 Å². The van der Waals surface area contributed by atoms with Gasteiger partial charge in [-0.2, -0.15) is 0 Å². The number of hydrogen-bond donors (Lipinski definition) is 2. The highest BCUT2D eigenvalue weighted by Gasteiger charge is 2.03. The predicted octanol–water partition coefficient (Wildman–Crippen LogP) is 2.88. The van der Waals surface area contributed by atoms with Crippen molar-refractivity contribution in [2.75, 3.05) is 29.9 Å². The average molecular weight is 291 g/mol. The molecule has 0 aliphatic heterocycles. The van der Waals surface area contributed by atoms with Crippen LogP contribution in [0.5, 0.6) is 0 Å². The Hall–Kier alpha value is -1.59. The molecule has 0 saturated heterocycles. The summed E-state index contributed by atoms with van der Waals surface area (Å²) in [4.78, 5) is 6.58. The summed E-state index contributed by atoms with van der Waals surface area (Å²) in [6.45, 7) is 6.59. The first-order valence-corrected chi connectivity index (χ1v) is 7.71. The van der Waals surface area contributed by atoms with Gasteiger partial charge in [0.05, 0.1) is 23.9 Å². The third-order valence-corrected chi connectivity index (χ3v) is 3.95. The van der Waals surface area contributed by atoms with Crippen LogP contribution in [0.3, 0.4) is 0 Å². The largest absolute Gasteiger partial charge is 0.395 e. The molecule has 2 aromatic rings. The molecule has 108 valence electrons. The highest BCUT2D eigenvalue weighted by Crippen LogP contribution is 2.18. The molecule has 0 unspecified atom stereocenters. The first-order chi connectivity index (χ1) is 9.72. The Morgan fingerprint density at radius 3 is 2.60 bits per heavy atom. The molecule has 0 radical (unpaired) electrons. The molecule has 0 aliphatic rings. The first-order valence-electron chi connectivity index (χ1n) is 6.83. The molecule has 2 N–H and O–H groups in total. The van der Waals surface area contributed by atoms with Crippen molar-refractivity contribution < 1.29 is 5.11 Å². The van der Waals surface area contributed by atoms with Crippen molar-refractivity contribution in [3.05, 3.63) is 40.3 Å². The van der Waals surface area contributed by atoms with E-state index in [1.807, 2.05) is 6.92 Å². The van der Waals surface area contributed by atoms with Crippen LogP contribution in [0.1, 0.15) is 17.6 Å². The van der Waals surface area contributed by atoms with Crippen molar-refractivity contribution in [1.29, 1.82) is 0 Å². The number of nitrogens with zero attached hydrogens (tertiary/aromatic N) is 2. The van der Waals surface area contributed by atoms with Crippen LogP contribution in [0, 0.1) is 6.92 Å². The van der Waals surface area contributed by atoms with E-state index in [2.05, 4.69) is 51.8 Å². The molecular weight excluding hydrogens is 270 g/mol. The quantitative estimate of drug-likeness (QED) is 0.823. The molecule has 0 fully saturated rings. The molecule has 5 heteroatoms. The van der Waals surface area contributed by atoms with Crippen LogP contribution in [0.15, 0.2) is 29.6 Å². The second-order valence-electron chi connectivity index (χ2n) is 4.56. The average Bonchev–Trinajstić information content (AvgIpc) is 2.89. The molecule has 0 amide bonds. The van der Waals surface area contributed by atoms with Gasteiger partial charge < -0.3 is 15.3 Å². The number of aliphatic hydroxyl groups excluding tert-OH is 1. The summed E-state index contributed by atoms with van der Waals surface area (Å²) in [7, 11) is 0. The lowest BCUT2D eigenvalue weighted by molar-refractivity contribution is 0.302. The van der Waals surface area contributed by atoms with Crippen LogP contribution in [-0.4, -0.2) is 29.8 Å². The molecular formula is C15H21N3OS. The molecule has 0 atom stereocenters. The van der Waals surface area contributed by atoms with E-state index in [0.29, 0.717) is 6.54 Å². The minimum absolute atomic E-state index is 0.178. The van der Waals surface area contributed by atoms with Crippen LogP contribution < -0.4 is 10.2 Å². The molecule has 4 nitrogen and oxygen atoms in total. The summed E-state index contributed by atoms with van der Waals surface area (Å²) >= 11 is 1.67. The van der Waals surface area contributed by atoms with Crippen molar-refractivity contribution in [1.82, 2.24) is 4.98 Å². The number of benzene rings is 1. The smallest absolute Gasteiger partial charge is 0.0898 e. The molecule has 20 heavy (non-hydrogen) atoms. The molecule has 0 saturated carbocycles. The number of likely N-dealkylation sites (N-methyl/N-ethyl adjacent to an activating group) is 1. The van der Waals surface area contributed by atoms with Gasteiger partial charge in [-0.1, -0.05) is 0 Å². The van der Waals surface area contributed by atoms with E-state index in [4.69, 9.17) is 5.11 Å². The molecule has 1 aromatic carbocycles. The van der Waals surface area contributed by atoms with Gasteiger partial charge in [0, 0.05) is 29.8 Å². The standard InChI is InChI=1S/C15H21N3OS/c1-3-18(8-9-19)15-6-4-13(5-7-15)16-10-14-11-20-12(2)17-14/h4-7,11,16,19H,3,8-10H2,1-2H3. The topological polar surface area (TPSA) is 48.4 Å². The minimum atomic E-state index is 0.178. The fourth-order valence-electron chi connectivity index (χ4n) is 2.06. The predicted molar refractivity (Wildman–Crippen MR) is 85.6 cm³/mol. The van der Waals surface area contributed by atoms with Crippen molar-refractivity contribution in [3.63, 3.8) is 0 Å². The highest BCUT2D eigenvalue weighted by atomic mass is 32.1. The third-order valence-electron chi connectivity index (χ3n) is 3.12. The number of rotatable bonds is 7. The highest BCUT2D eigenvalue weighted by molar-refractivity contribution is 7.09. The molecule has 1 aromatic heterocycles. The number of aromatic nitrogens is 1. The minimum Gasteiger partial charge on any atom is -0.395 e. The maximum absolute atomic E-state index is 9.04. The van der Waals surface area contributed by atoms with Gasteiger partial charge in [-0.3, -0.25) is 0 Å². The number of anilines is 2. The summed E-state index contributed by atoms with van der Waals surface area (Å²) in [5.74, 6) is 0. The van der Waals surface area contributed by atoms with E-state index in [-0.39, 0.29) is 6.61 Å². The summed E-state index contributed by atoms with van der Waals surface area (Å²) in [6, 6.07) is 8.28. The Kier molecular flexibility index (Phi) is 5.38. The zero-order valence-electron chi connectivity index (χ0n) is 12.0. The fraction of sp³-hybridized carbons (Fsp3) is 0.400. The fourth-order valence-corrected chi connectivity index (χ4v) is 2.68. The van der Waals surface area contributed by atoms with Crippen molar-refractivity contribution >= 4 is 22.7 Å².